The molecular formula is C23H33N3O4. The molecule has 2 amide bonds. The highest BCUT2D eigenvalue weighted by Crippen LogP contribution is 2.36. The summed E-state index contributed by atoms with van der Waals surface area (Å²) in [4.78, 5) is 32.6. The van der Waals surface area contributed by atoms with Gasteiger partial charge in [0, 0.05) is 39.0 Å². The molecule has 3 heterocycles. The van der Waals surface area contributed by atoms with E-state index in [1.807, 2.05) is 32.0 Å². The standard InChI is InChI=1S/C23H33N3O4/c1-16-4-5-20-19(14-16)22(29)26(15-23(30-20)8-12-24(3)13-9-23)17(2)21(28)25-10-6-18(27)7-11-25/h4-5,14,17-18,27H,6-13,15H2,1-3H3. The molecule has 7 nitrogen and oxygen atoms in total. The van der Waals surface area contributed by atoms with E-state index < -0.39 is 11.6 Å². The Balaban J connectivity index is 1.65. The van der Waals surface area contributed by atoms with Crippen molar-refractivity contribution in [3.05, 3.63) is 29.3 Å². The van der Waals surface area contributed by atoms with Crippen molar-refractivity contribution in [3.8, 4) is 5.75 Å². The minimum absolute atomic E-state index is 0.0468. The number of likely N-dealkylation sites (tertiary alicyclic amines) is 2. The van der Waals surface area contributed by atoms with E-state index in [4.69, 9.17) is 4.74 Å². The number of amides is 2. The van der Waals surface area contributed by atoms with Crippen LogP contribution in [0.1, 0.15) is 48.5 Å². The van der Waals surface area contributed by atoms with Crippen LogP contribution < -0.4 is 4.74 Å². The van der Waals surface area contributed by atoms with Crippen LogP contribution in [0.4, 0.5) is 0 Å². The maximum absolute atomic E-state index is 13.6. The third-order valence-corrected chi connectivity index (χ3v) is 6.91. The number of aliphatic hydroxyl groups is 1. The first-order valence-electron chi connectivity index (χ1n) is 11.0. The molecule has 4 rings (SSSR count). The van der Waals surface area contributed by atoms with E-state index in [9.17, 15) is 14.7 Å². The van der Waals surface area contributed by atoms with Crippen LogP contribution in [-0.2, 0) is 4.79 Å². The minimum Gasteiger partial charge on any atom is -0.484 e. The molecule has 0 saturated carbocycles. The van der Waals surface area contributed by atoms with E-state index in [2.05, 4.69) is 11.9 Å². The van der Waals surface area contributed by atoms with Gasteiger partial charge in [0.1, 0.15) is 17.4 Å². The van der Waals surface area contributed by atoms with Gasteiger partial charge in [-0.3, -0.25) is 9.59 Å². The smallest absolute Gasteiger partial charge is 0.258 e. The third kappa shape index (κ3) is 4.05. The number of rotatable bonds is 2. The summed E-state index contributed by atoms with van der Waals surface area (Å²) in [6.45, 7) is 7.07. The fourth-order valence-electron chi connectivity index (χ4n) is 4.79. The van der Waals surface area contributed by atoms with Crippen LogP contribution in [0, 0.1) is 6.92 Å². The molecule has 1 N–H and O–H groups in total. The number of nitrogens with zero attached hydrogens (tertiary/aromatic N) is 3. The number of piperidine rings is 2. The van der Waals surface area contributed by atoms with Gasteiger partial charge in [0.25, 0.3) is 5.91 Å². The van der Waals surface area contributed by atoms with Gasteiger partial charge in [-0.1, -0.05) is 11.6 Å². The van der Waals surface area contributed by atoms with Crippen LogP contribution in [0.15, 0.2) is 18.2 Å². The van der Waals surface area contributed by atoms with Crippen LogP contribution >= 0.6 is 0 Å². The Morgan fingerprint density at radius 3 is 2.53 bits per heavy atom. The lowest BCUT2D eigenvalue weighted by molar-refractivity contribution is -0.138. The van der Waals surface area contributed by atoms with Crippen molar-refractivity contribution in [3.63, 3.8) is 0 Å². The topological polar surface area (TPSA) is 73.3 Å². The normalized spacial score (nSPS) is 23.7. The lowest BCUT2D eigenvalue weighted by Crippen LogP contribution is -2.58. The average molecular weight is 416 g/mol. The molecule has 1 aromatic rings. The minimum atomic E-state index is -0.570. The quantitative estimate of drug-likeness (QED) is 0.795. The zero-order chi connectivity index (χ0) is 21.5. The Kier molecular flexibility index (Phi) is 5.77. The molecule has 0 radical (unpaired) electrons. The zero-order valence-corrected chi connectivity index (χ0v) is 18.3. The maximum Gasteiger partial charge on any atom is 0.258 e. The molecule has 0 aliphatic carbocycles. The Morgan fingerprint density at radius 2 is 1.87 bits per heavy atom. The first-order chi connectivity index (χ1) is 14.3. The van der Waals surface area contributed by atoms with Crippen molar-refractivity contribution in [2.75, 3.05) is 39.8 Å². The molecule has 1 aromatic carbocycles. The Bertz CT molecular complexity index is 811. The molecule has 2 saturated heterocycles. The highest BCUT2D eigenvalue weighted by atomic mass is 16.5. The lowest BCUT2D eigenvalue weighted by Gasteiger charge is -2.43. The van der Waals surface area contributed by atoms with Crippen molar-refractivity contribution >= 4 is 11.8 Å². The molecule has 3 aliphatic rings. The summed E-state index contributed by atoms with van der Waals surface area (Å²) >= 11 is 0. The summed E-state index contributed by atoms with van der Waals surface area (Å²) in [6.07, 6.45) is 2.48. The number of fused-ring (bicyclic) bond motifs is 1. The number of ether oxygens (including phenoxy) is 1. The Hall–Kier alpha value is -2.12. The van der Waals surface area contributed by atoms with E-state index in [1.54, 1.807) is 9.80 Å². The molecule has 1 unspecified atom stereocenters. The molecule has 3 aliphatic heterocycles. The second kappa shape index (κ2) is 8.19. The second-order valence-electron chi connectivity index (χ2n) is 9.25. The average Bonchev–Trinajstić information content (AvgIpc) is 2.85. The molecule has 1 atom stereocenters. The van der Waals surface area contributed by atoms with Crippen LogP contribution in [0.3, 0.4) is 0 Å². The van der Waals surface area contributed by atoms with Crippen molar-refractivity contribution in [2.24, 2.45) is 0 Å². The van der Waals surface area contributed by atoms with Gasteiger partial charge in [-0.25, -0.2) is 0 Å². The summed E-state index contributed by atoms with van der Waals surface area (Å²) in [5.41, 5.74) is 1.06. The van der Waals surface area contributed by atoms with Gasteiger partial charge in [0.2, 0.25) is 5.91 Å². The number of carbonyl (C=O) groups is 2. The van der Waals surface area contributed by atoms with Gasteiger partial charge in [-0.15, -0.1) is 0 Å². The number of carbonyl (C=O) groups excluding carboxylic acids is 2. The lowest BCUT2D eigenvalue weighted by atomic mass is 9.90. The number of hydrogen-bond acceptors (Lipinski definition) is 5. The molecule has 2 fully saturated rings. The number of aliphatic hydroxyl groups excluding tert-OH is 1. The summed E-state index contributed by atoms with van der Waals surface area (Å²) in [5.74, 6) is 0.440. The molecule has 1 spiro atoms. The predicted molar refractivity (Wildman–Crippen MR) is 114 cm³/mol. The van der Waals surface area contributed by atoms with Gasteiger partial charge < -0.3 is 24.5 Å². The molecule has 0 aromatic heterocycles. The third-order valence-electron chi connectivity index (χ3n) is 6.91. The van der Waals surface area contributed by atoms with Gasteiger partial charge in [0.05, 0.1) is 18.2 Å². The van der Waals surface area contributed by atoms with E-state index in [0.717, 1.165) is 31.5 Å². The fourth-order valence-corrected chi connectivity index (χ4v) is 4.79. The SMILES string of the molecule is Cc1ccc2c(c1)C(=O)N(C(C)C(=O)N1CCC(O)CC1)CC1(CCN(C)CC1)O2. The van der Waals surface area contributed by atoms with Crippen molar-refractivity contribution in [1.29, 1.82) is 0 Å². The van der Waals surface area contributed by atoms with Crippen LogP contribution in [0.25, 0.3) is 0 Å². The molecule has 7 heteroatoms. The highest BCUT2D eigenvalue weighted by Gasteiger charge is 2.45. The summed E-state index contributed by atoms with van der Waals surface area (Å²) in [5, 5.41) is 9.77. The number of aryl methyl sites for hydroxylation is 1. The Labute approximate surface area is 178 Å². The summed E-state index contributed by atoms with van der Waals surface area (Å²) in [7, 11) is 2.10. The first kappa shape index (κ1) is 21.1. The van der Waals surface area contributed by atoms with Crippen LogP contribution in [0.5, 0.6) is 5.75 Å². The molecule has 0 bridgehead atoms. The monoisotopic (exact) mass is 415 g/mol. The van der Waals surface area contributed by atoms with E-state index in [1.165, 1.54) is 0 Å². The van der Waals surface area contributed by atoms with E-state index >= 15 is 0 Å². The zero-order valence-electron chi connectivity index (χ0n) is 18.3. The predicted octanol–water partition coefficient (Wildman–Crippen LogP) is 1.67. The first-order valence-corrected chi connectivity index (χ1v) is 11.0. The van der Waals surface area contributed by atoms with E-state index in [0.29, 0.717) is 43.8 Å². The highest BCUT2D eigenvalue weighted by molar-refractivity contribution is 6.00. The van der Waals surface area contributed by atoms with Gasteiger partial charge in [0.15, 0.2) is 0 Å². The van der Waals surface area contributed by atoms with Crippen LogP contribution in [0.2, 0.25) is 0 Å². The van der Waals surface area contributed by atoms with E-state index in [-0.39, 0.29) is 17.9 Å². The van der Waals surface area contributed by atoms with Gasteiger partial charge >= 0.3 is 0 Å². The van der Waals surface area contributed by atoms with Crippen molar-refractivity contribution in [2.45, 2.75) is 57.3 Å². The van der Waals surface area contributed by atoms with Gasteiger partial charge in [-0.2, -0.15) is 0 Å². The number of hydrogen-bond donors (Lipinski definition) is 1. The second-order valence-corrected chi connectivity index (χ2v) is 9.25. The molecular weight excluding hydrogens is 382 g/mol. The molecule has 30 heavy (non-hydrogen) atoms. The van der Waals surface area contributed by atoms with Crippen LogP contribution in [-0.4, -0.2) is 89.1 Å². The van der Waals surface area contributed by atoms with Crippen molar-refractivity contribution < 1.29 is 19.4 Å². The Morgan fingerprint density at radius 1 is 1.20 bits per heavy atom. The fraction of sp³-hybridized carbons (Fsp3) is 0.652. The van der Waals surface area contributed by atoms with Gasteiger partial charge in [-0.05, 0) is 45.9 Å². The summed E-state index contributed by atoms with van der Waals surface area (Å²) in [6, 6.07) is 5.16. The maximum atomic E-state index is 13.6. The molecule has 164 valence electrons. The number of benzene rings is 1. The van der Waals surface area contributed by atoms with Crippen molar-refractivity contribution in [1.82, 2.24) is 14.7 Å². The largest absolute Gasteiger partial charge is 0.484 e. The summed E-state index contributed by atoms with van der Waals surface area (Å²) < 4.78 is 6.53.